The standard InChI is InChI=1S/C15H12BrFN2O2/c1-9-7-12(5-6-13(9)16)19-15(21)14(20)18-11-4-2-3-10(17)8-11/h2-8H,1H3,(H,18,20)(H,19,21). The van der Waals surface area contributed by atoms with Crippen molar-refractivity contribution in [2.75, 3.05) is 10.6 Å². The van der Waals surface area contributed by atoms with Gasteiger partial charge in [0.1, 0.15) is 5.82 Å². The van der Waals surface area contributed by atoms with Crippen molar-refractivity contribution in [2.24, 2.45) is 0 Å². The van der Waals surface area contributed by atoms with Gasteiger partial charge in [0.25, 0.3) is 0 Å². The van der Waals surface area contributed by atoms with Crippen molar-refractivity contribution in [3.63, 3.8) is 0 Å². The summed E-state index contributed by atoms with van der Waals surface area (Å²) in [5.74, 6) is -2.17. The summed E-state index contributed by atoms with van der Waals surface area (Å²) in [4.78, 5) is 23.5. The van der Waals surface area contributed by atoms with Gasteiger partial charge in [-0.3, -0.25) is 9.59 Å². The average Bonchev–Trinajstić information content (AvgIpc) is 2.43. The molecule has 2 aromatic rings. The number of amides is 2. The molecule has 0 unspecified atom stereocenters. The van der Waals surface area contributed by atoms with E-state index in [1.54, 1.807) is 18.2 Å². The largest absolute Gasteiger partial charge is 0.318 e. The van der Waals surface area contributed by atoms with Gasteiger partial charge in [0.05, 0.1) is 0 Å². The maximum atomic E-state index is 13.0. The average molecular weight is 351 g/mol. The van der Waals surface area contributed by atoms with Crippen LogP contribution in [0.25, 0.3) is 0 Å². The molecule has 0 aromatic heterocycles. The van der Waals surface area contributed by atoms with Crippen molar-refractivity contribution in [3.05, 3.63) is 58.3 Å². The number of hydrogen-bond acceptors (Lipinski definition) is 2. The Labute approximate surface area is 129 Å². The second-order valence-electron chi connectivity index (χ2n) is 4.38. The van der Waals surface area contributed by atoms with E-state index in [1.165, 1.54) is 18.2 Å². The fourth-order valence-electron chi connectivity index (χ4n) is 1.66. The van der Waals surface area contributed by atoms with Crippen molar-refractivity contribution in [1.29, 1.82) is 0 Å². The number of hydrogen-bond donors (Lipinski definition) is 2. The molecule has 2 rings (SSSR count). The minimum Gasteiger partial charge on any atom is -0.318 e. The van der Waals surface area contributed by atoms with Crippen LogP contribution in [0.15, 0.2) is 46.9 Å². The van der Waals surface area contributed by atoms with Crippen LogP contribution in [0.4, 0.5) is 15.8 Å². The molecule has 0 bridgehead atoms. The number of rotatable bonds is 2. The Bertz CT molecular complexity index is 704. The van der Waals surface area contributed by atoms with Crippen molar-refractivity contribution < 1.29 is 14.0 Å². The van der Waals surface area contributed by atoms with Gasteiger partial charge in [0.2, 0.25) is 0 Å². The van der Waals surface area contributed by atoms with Crippen molar-refractivity contribution >= 4 is 39.1 Å². The molecule has 108 valence electrons. The number of benzene rings is 2. The molecule has 0 aliphatic heterocycles. The lowest BCUT2D eigenvalue weighted by molar-refractivity contribution is -0.133. The van der Waals surface area contributed by atoms with Gasteiger partial charge in [-0.2, -0.15) is 0 Å². The van der Waals surface area contributed by atoms with E-state index in [-0.39, 0.29) is 5.69 Å². The Morgan fingerprint density at radius 2 is 1.62 bits per heavy atom. The Balaban J connectivity index is 2.02. The van der Waals surface area contributed by atoms with E-state index < -0.39 is 17.6 Å². The summed E-state index contributed by atoms with van der Waals surface area (Å²) >= 11 is 3.35. The molecule has 0 saturated carbocycles. The van der Waals surface area contributed by atoms with Crippen LogP contribution in [0.5, 0.6) is 0 Å². The Hall–Kier alpha value is -2.21. The number of halogens is 2. The summed E-state index contributed by atoms with van der Waals surface area (Å²) in [6, 6.07) is 10.5. The number of aryl methyl sites for hydroxylation is 1. The normalized spacial score (nSPS) is 10.0. The maximum absolute atomic E-state index is 13.0. The third kappa shape index (κ3) is 4.13. The van der Waals surface area contributed by atoms with E-state index in [0.29, 0.717) is 5.69 Å². The summed E-state index contributed by atoms with van der Waals surface area (Å²) in [5, 5.41) is 4.81. The van der Waals surface area contributed by atoms with Crippen LogP contribution in [0, 0.1) is 12.7 Å². The lowest BCUT2D eigenvalue weighted by Gasteiger charge is -2.08. The molecular formula is C15H12BrFN2O2. The monoisotopic (exact) mass is 350 g/mol. The molecule has 0 saturated heterocycles. The van der Waals surface area contributed by atoms with Crippen LogP contribution in [0.3, 0.4) is 0 Å². The zero-order valence-electron chi connectivity index (χ0n) is 11.1. The zero-order valence-corrected chi connectivity index (χ0v) is 12.7. The van der Waals surface area contributed by atoms with Crippen LogP contribution in [0.2, 0.25) is 0 Å². The van der Waals surface area contributed by atoms with E-state index in [1.807, 2.05) is 6.92 Å². The van der Waals surface area contributed by atoms with Gasteiger partial charge in [0.15, 0.2) is 0 Å². The minimum absolute atomic E-state index is 0.224. The molecule has 0 fully saturated rings. The molecule has 0 heterocycles. The molecule has 0 aliphatic carbocycles. The lowest BCUT2D eigenvalue weighted by Crippen LogP contribution is -2.29. The molecule has 2 N–H and O–H groups in total. The Morgan fingerprint density at radius 1 is 1.00 bits per heavy atom. The van der Waals surface area contributed by atoms with Gasteiger partial charge in [-0.05, 0) is 48.9 Å². The summed E-state index contributed by atoms with van der Waals surface area (Å²) in [6.45, 7) is 1.87. The topological polar surface area (TPSA) is 58.2 Å². The van der Waals surface area contributed by atoms with E-state index in [9.17, 15) is 14.0 Å². The van der Waals surface area contributed by atoms with Crippen LogP contribution in [-0.4, -0.2) is 11.8 Å². The Morgan fingerprint density at radius 3 is 2.19 bits per heavy atom. The first-order chi connectivity index (χ1) is 9.95. The molecule has 6 heteroatoms. The second kappa shape index (κ2) is 6.49. The predicted molar refractivity (Wildman–Crippen MR) is 82.5 cm³/mol. The molecule has 0 atom stereocenters. The second-order valence-corrected chi connectivity index (χ2v) is 5.24. The van der Waals surface area contributed by atoms with Gasteiger partial charge < -0.3 is 10.6 Å². The van der Waals surface area contributed by atoms with Crippen molar-refractivity contribution in [3.8, 4) is 0 Å². The minimum atomic E-state index is -0.860. The van der Waals surface area contributed by atoms with Crippen LogP contribution < -0.4 is 10.6 Å². The number of anilines is 2. The van der Waals surface area contributed by atoms with Crippen LogP contribution >= 0.6 is 15.9 Å². The number of carbonyl (C=O) groups excluding carboxylic acids is 2. The molecule has 0 spiro atoms. The number of nitrogens with one attached hydrogen (secondary N) is 2. The fourth-order valence-corrected chi connectivity index (χ4v) is 1.91. The Kier molecular flexibility index (Phi) is 4.70. The summed E-state index contributed by atoms with van der Waals surface area (Å²) in [6.07, 6.45) is 0. The highest BCUT2D eigenvalue weighted by Gasteiger charge is 2.14. The highest BCUT2D eigenvalue weighted by atomic mass is 79.9. The molecular weight excluding hydrogens is 339 g/mol. The van der Waals surface area contributed by atoms with E-state index in [0.717, 1.165) is 16.1 Å². The van der Waals surface area contributed by atoms with Crippen LogP contribution in [0.1, 0.15) is 5.56 Å². The zero-order chi connectivity index (χ0) is 15.4. The van der Waals surface area contributed by atoms with E-state index in [4.69, 9.17) is 0 Å². The first kappa shape index (κ1) is 15.2. The van der Waals surface area contributed by atoms with E-state index in [2.05, 4.69) is 26.6 Å². The summed E-state index contributed by atoms with van der Waals surface area (Å²) < 4.78 is 13.9. The van der Waals surface area contributed by atoms with Crippen LogP contribution in [-0.2, 0) is 9.59 Å². The smallest absolute Gasteiger partial charge is 0.314 e. The first-order valence-corrected chi connectivity index (χ1v) is 6.89. The van der Waals surface area contributed by atoms with Gasteiger partial charge in [0, 0.05) is 15.8 Å². The third-order valence-corrected chi connectivity index (χ3v) is 3.59. The molecule has 4 nitrogen and oxygen atoms in total. The fraction of sp³-hybridized carbons (Fsp3) is 0.0667. The van der Waals surface area contributed by atoms with Gasteiger partial charge in [-0.1, -0.05) is 22.0 Å². The SMILES string of the molecule is Cc1cc(NC(=O)C(=O)Nc2cccc(F)c2)ccc1Br. The summed E-state index contributed by atoms with van der Waals surface area (Å²) in [5.41, 5.74) is 1.66. The third-order valence-electron chi connectivity index (χ3n) is 2.70. The van der Waals surface area contributed by atoms with Crippen molar-refractivity contribution in [1.82, 2.24) is 0 Å². The summed E-state index contributed by atoms with van der Waals surface area (Å²) in [7, 11) is 0. The lowest BCUT2D eigenvalue weighted by atomic mass is 10.2. The molecule has 21 heavy (non-hydrogen) atoms. The predicted octanol–water partition coefficient (Wildman–Crippen LogP) is 3.47. The molecule has 0 radical (unpaired) electrons. The van der Waals surface area contributed by atoms with Gasteiger partial charge in [-0.25, -0.2) is 4.39 Å². The maximum Gasteiger partial charge on any atom is 0.314 e. The first-order valence-electron chi connectivity index (χ1n) is 6.10. The molecule has 2 amide bonds. The van der Waals surface area contributed by atoms with Crippen molar-refractivity contribution in [2.45, 2.75) is 6.92 Å². The van der Waals surface area contributed by atoms with E-state index >= 15 is 0 Å². The van der Waals surface area contributed by atoms with Gasteiger partial charge >= 0.3 is 11.8 Å². The highest BCUT2D eigenvalue weighted by Crippen LogP contribution is 2.20. The molecule has 2 aromatic carbocycles. The quantitative estimate of drug-likeness (QED) is 0.814. The van der Waals surface area contributed by atoms with Gasteiger partial charge in [-0.15, -0.1) is 0 Å². The number of carbonyl (C=O) groups is 2. The molecule has 0 aliphatic rings. The highest BCUT2D eigenvalue weighted by molar-refractivity contribution is 9.10.